The normalized spacial score (nSPS) is 20.1. The number of aliphatic carboxylic acids is 1. The molecular weight excluding hydrogens is 210 g/mol. The van der Waals surface area contributed by atoms with Crippen LogP contribution in [0.5, 0.6) is 0 Å². The predicted octanol–water partition coefficient (Wildman–Crippen LogP) is 1.13. The zero-order valence-corrected chi connectivity index (χ0v) is 8.97. The third kappa shape index (κ3) is 1.80. The first-order valence-electron chi connectivity index (χ1n) is 5.15. The van der Waals surface area contributed by atoms with Crippen molar-refractivity contribution in [2.24, 2.45) is 5.92 Å². The summed E-state index contributed by atoms with van der Waals surface area (Å²) in [5, 5.41) is 8.84. The lowest BCUT2D eigenvalue weighted by atomic mass is 10.1. The maximum absolute atomic E-state index is 12.0. The lowest BCUT2D eigenvalue weighted by Crippen LogP contribution is -2.30. The van der Waals surface area contributed by atoms with Crippen molar-refractivity contribution in [1.29, 1.82) is 0 Å². The average Bonchev–Trinajstić information content (AvgIpc) is 2.84. The van der Waals surface area contributed by atoms with Crippen LogP contribution in [0, 0.1) is 12.8 Å². The van der Waals surface area contributed by atoms with Gasteiger partial charge in [0.1, 0.15) is 5.76 Å². The standard InChI is InChI=1S/C11H13NO4/c1-7-9(3-5-16-7)10(13)12-4-2-8(6-12)11(14)15/h3,5,8H,2,4,6H2,1H3,(H,14,15)/t8-/m0/s1. The molecule has 5 nitrogen and oxygen atoms in total. The van der Waals surface area contributed by atoms with Crippen LogP contribution in [0.15, 0.2) is 16.7 Å². The highest BCUT2D eigenvalue weighted by molar-refractivity contribution is 5.95. The van der Waals surface area contributed by atoms with Crippen molar-refractivity contribution in [2.45, 2.75) is 13.3 Å². The van der Waals surface area contributed by atoms with E-state index in [1.165, 1.54) is 6.26 Å². The first kappa shape index (κ1) is 10.7. The Bertz CT molecular complexity index is 423. The number of hydrogen-bond acceptors (Lipinski definition) is 3. The Morgan fingerprint density at radius 1 is 1.56 bits per heavy atom. The molecular formula is C11H13NO4. The van der Waals surface area contributed by atoms with E-state index in [1.807, 2.05) is 0 Å². The fraction of sp³-hybridized carbons (Fsp3) is 0.455. The van der Waals surface area contributed by atoms with Gasteiger partial charge in [0.2, 0.25) is 0 Å². The summed E-state index contributed by atoms with van der Waals surface area (Å²) in [6.07, 6.45) is 1.99. The van der Waals surface area contributed by atoms with E-state index in [1.54, 1.807) is 17.9 Å². The van der Waals surface area contributed by atoms with E-state index in [0.717, 1.165) is 0 Å². The predicted molar refractivity (Wildman–Crippen MR) is 55.1 cm³/mol. The minimum atomic E-state index is -0.834. The Morgan fingerprint density at radius 2 is 2.31 bits per heavy atom. The molecule has 0 unspecified atom stereocenters. The van der Waals surface area contributed by atoms with Gasteiger partial charge >= 0.3 is 5.97 Å². The molecule has 1 N–H and O–H groups in total. The van der Waals surface area contributed by atoms with E-state index < -0.39 is 11.9 Å². The van der Waals surface area contributed by atoms with Crippen molar-refractivity contribution >= 4 is 11.9 Å². The molecule has 86 valence electrons. The highest BCUT2D eigenvalue weighted by atomic mass is 16.4. The molecule has 0 aliphatic carbocycles. The number of carboxylic acids is 1. The zero-order valence-electron chi connectivity index (χ0n) is 8.97. The molecule has 5 heteroatoms. The summed E-state index contributed by atoms with van der Waals surface area (Å²) in [5.41, 5.74) is 0.519. The van der Waals surface area contributed by atoms with Crippen molar-refractivity contribution in [3.05, 3.63) is 23.7 Å². The molecule has 1 aromatic heterocycles. The first-order chi connectivity index (χ1) is 7.59. The second-order valence-electron chi connectivity index (χ2n) is 3.97. The van der Waals surface area contributed by atoms with Crippen LogP contribution in [0.1, 0.15) is 22.5 Å². The van der Waals surface area contributed by atoms with Crippen LogP contribution in [-0.2, 0) is 4.79 Å². The van der Waals surface area contributed by atoms with Crippen LogP contribution in [0.4, 0.5) is 0 Å². The number of hydrogen-bond donors (Lipinski definition) is 1. The molecule has 1 saturated heterocycles. The maximum Gasteiger partial charge on any atom is 0.308 e. The third-order valence-corrected chi connectivity index (χ3v) is 2.91. The highest BCUT2D eigenvalue weighted by Gasteiger charge is 2.32. The highest BCUT2D eigenvalue weighted by Crippen LogP contribution is 2.20. The van der Waals surface area contributed by atoms with Gasteiger partial charge in [0.25, 0.3) is 5.91 Å². The molecule has 0 aromatic carbocycles. The Kier molecular flexibility index (Phi) is 2.68. The topological polar surface area (TPSA) is 70.8 Å². The number of carbonyl (C=O) groups excluding carboxylic acids is 1. The molecule has 1 amide bonds. The minimum absolute atomic E-state index is 0.144. The fourth-order valence-corrected chi connectivity index (χ4v) is 1.92. The second kappa shape index (κ2) is 4.00. The van der Waals surface area contributed by atoms with Gasteiger partial charge < -0.3 is 14.4 Å². The van der Waals surface area contributed by atoms with Crippen LogP contribution in [0.3, 0.4) is 0 Å². The number of carbonyl (C=O) groups is 2. The van der Waals surface area contributed by atoms with Gasteiger partial charge in [-0.05, 0) is 19.4 Å². The molecule has 2 heterocycles. The van der Waals surface area contributed by atoms with E-state index in [4.69, 9.17) is 9.52 Å². The molecule has 1 aromatic rings. The summed E-state index contributed by atoms with van der Waals surface area (Å²) >= 11 is 0. The quantitative estimate of drug-likeness (QED) is 0.816. The first-order valence-corrected chi connectivity index (χ1v) is 5.15. The molecule has 1 aliphatic rings. The summed E-state index contributed by atoms with van der Waals surface area (Å²) in [4.78, 5) is 24.3. The van der Waals surface area contributed by atoms with Crippen molar-refractivity contribution < 1.29 is 19.1 Å². The van der Waals surface area contributed by atoms with Gasteiger partial charge in [0.15, 0.2) is 0 Å². The summed E-state index contributed by atoms with van der Waals surface area (Å²) < 4.78 is 5.06. The van der Waals surface area contributed by atoms with Crippen LogP contribution < -0.4 is 0 Å². The van der Waals surface area contributed by atoms with Gasteiger partial charge in [0.05, 0.1) is 17.7 Å². The lowest BCUT2D eigenvalue weighted by molar-refractivity contribution is -0.141. The number of furan rings is 1. The average molecular weight is 223 g/mol. The van der Waals surface area contributed by atoms with Gasteiger partial charge in [-0.1, -0.05) is 0 Å². The number of amides is 1. The van der Waals surface area contributed by atoms with Gasteiger partial charge in [-0.2, -0.15) is 0 Å². The van der Waals surface area contributed by atoms with Crippen molar-refractivity contribution in [2.75, 3.05) is 13.1 Å². The van der Waals surface area contributed by atoms with Gasteiger partial charge in [-0.15, -0.1) is 0 Å². The monoisotopic (exact) mass is 223 g/mol. The van der Waals surface area contributed by atoms with E-state index in [0.29, 0.717) is 30.8 Å². The van der Waals surface area contributed by atoms with Crippen molar-refractivity contribution in [1.82, 2.24) is 4.90 Å². The molecule has 0 saturated carbocycles. The van der Waals surface area contributed by atoms with Crippen LogP contribution >= 0.6 is 0 Å². The van der Waals surface area contributed by atoms with Crippen molar-refractivity contribution in [3.8, 4) is 0 Å². The maximum atomic E-state index is 12.0. The number of nitrogens with zero attached hydrogens (tertiary/aromatic N) is 1. The number of aryl methyl sites for hydroxylation is 1. The second-order valence-corrected chi connectivity index (χ2v) is 3.97. The van der Waals surface area contributed by atoms with E-state index >= 15 is 0 Å². The number of carboxylic acid groups (broad SMARTS) is 1. The Balaban J connectivity index is 2.08. The van der Waals surface area contributed by atoms with E-state index in [9.17, 15) is 9.59 Å². The number of rotatable bonds is 2. The Labute approximate surface area is 92.7 Å². The van der Waals surface area contributed by atoms with Crippen molar-refractivity contribution in [3.63, 3.8) is 0 Å². The molecule has 16 heavy (non-hydrogen) atoms. The van der Waals surface area contributed by atoms with Crippen LogP contribution in [-0.4, -0.2) is 35.0 Å². The van der Waals surface area contributed by atoms with Crippen LogP contribution in [0.25, 0.3) is 0 Å². The third-order valence-electron chi connectivity index (χ3n) is 2.91. The molecule has 0 radical (unpaired) electrons. The molecule has 1 fully saturated rings. The Morgan fingerprint density at radius 3 is 2.81 bits per heavy atom. The molecule has 1 atom stereocenters. The van der Waals surface area contributed by atoms with E-state index in [2.05, 4.69) is 0 Å². The van der Waals surface area contributed by atoms with Gasteiger partial charge in [-0.3, -0.25) is 9.59 Å². The summed E-state index contributed by atoms with van der Waals surface area (Å²) in [6, 6.07) is 1.62. The fourth-order valence-electron chi connectivity index (χ4n) is 1.92. The zero-order chi connectivity index (χ0) is 11.7. The Hall–Kier alpha value is -1.78. The van der Waals surface area contributed by atoms with Gasteiger partial charge in [-0.25, -0.2) is 0 Å². The summed E-state index contributed by atoms with van der Waals surface area (Å²) in [6.45, 7) is 2.51. The molecule has 0 spiro atoms. The molecule has 2 rings (SSSR count). The van der Waals surface area contributed by atoms with E-state index in [-0.39, 0.29) is 5.91 Å². The number of likely N-dealkylation sites (tertiary alicyclic amines) is 1. The smallest absolute Gasteiger partial charge is 0.308 e. The summed E-state index contributed by atoms with van der Waals surface area (Å²) in [5.74, 6) is -0.839. The van der Waals surface area contributed by atoms with Gasteiger partial charge in [0, 0.05) is 13.1 Å². The molecule has 0 bridgehead atoms. The minimum Gasteiger partial charge on any atom is -0.481 e. The SMILES string of the molecule is Cc1occc1C(=O)N1CC[C@H](C(=O)O)C1. The molecule has 1 aliphatic heterocycles. The summed E-state index contributed by atoms with van der Waals surface area (Å²) in [7, 11) is 0. The lowest BCUT2D eigenvalue weighted by Gasteiger charge is -2.14. The van der Waals surface area contributed by atoms with Crippen LogP contribution in [0.2, 0.25) is 0 Å². The largest absolute Gasteiger partial charge is 0.481 e.